The number of carbonyl (C=O) groups excluding carboxylic acids is 2. The van der Waals surface area contributed by atoms with Gasteiger partial charge >= 0.3 is 0 Å². The molecule has 1 aliphatic heterocycles. The van der Waals surface area contributed by atoms with Gasteiger partial charge in [0.1, 0.15) is 11.5 Å². The Labute approximate surface area is 146 Å². The third-order valence-electron chi connectivity index (χ3n) is 4.10. The van der Waals surface area contributed by atoms with Crippen molar-refractivity contribution in [1.82, 2.24) is 5.32 Å². The quantitative estimate of drug-likeness (QED) is 0.781. The Morgan fingerprint density at radius 2 is 1.88 bits per heavy atom. The van der Waals surface area contributed by atoms with Gasteiger partial charge in [-0.2, -0.15) is 0 Å². The van der Waals surface area contributed by atoms with E-state index in [1.165, 1.54) is 0 Å². The van der Waals surface area contributed by atoms with Crippen molar-refractivity contribution in [2.24, 2.45) is 5.73 Å². The fourth-order valence-corrected chi connectivity index (χ4v) is 2.76. The molecule has 3 rings (SSSR count). The van der Waals surface area contributed by atoms with Crippen LogP contribution in [-0.4, -0.2) is 24.4 Å². The maximum atomic E-state index is 12.2. The van der Waals surface area contributed by atoms with E-state index in [1.807, 2.05) is 0 Å². The minimum absolute atomic E-state index is 0.0115. The van der Waals surface area contributed by atoms with Gasteiger partial charge in [-0.25, -0.2) is 0 Å². The molecule has 25 heavy (non-hydrogen) atoms. The van der Waals surface area contributed by atoms with Gasteiger partial charge in [-0.15, -0.1) is 0 Å². The highest BCUT2D eigenvalue weighted by Gasteiger charge is 2.20. The number of hydrogen-bond acceptors (Lipinski definition) is 4. The summed E-state index contributed by atoms with van der Waals surface area (Å²) in [7, 11) is 0. The van der Waals surface area contributed by atoms with Gasteiger partial charge in [-0.05, 0) is 61.9 Å². The summed E-state index contributed by atoms with van der Waals surface area (Å²) in [5.41, 5.74) is 6.37. The zero-order valence-electron chi connectivity index (χ0n) is 13.8. The van der Waals surface area contributed by atoms with E-state index in [9.17, 15) is 9.59 Å². The molecule has 1 aliphatic rings. The van der Waals surface area contributed by atoms with Crippen LogP contribution in [0.25, 0.3) is 0 Å². The predicted molar refractivity (Wildman–Crippen MR) is 95.7 cm³/mol. The van der Waals surface area contributed by atoms with Gasteiger partial charge in [-0.3, -0.25) is 9.59 Å². The Bertz CT molecular complexity index is 753. The van der Waals surface area contributed by atoms with Crippen LogP contribution in [0.2, 0.25) is 0 Å². The minimum atomic E-state index is -0.500. The van der Waals surface area contributed by atoms with Crippen molar-refractivity contribution >= 4 is 17.5 Å². The van der Waals surface area contributed by atoms with E-state index in [-0.39, 0.29) is 11.9 Å². The van der Waals surface area contributed by atoms with Gasteiger partial charge in [0.05, 0.1) is 6.04 Å². The number of amides is 2. The number of hydrogen-bond donors (Lipinski definition) is 3. The SMILES string of the molecule is NC(=O)c1cccc(Oc2ccc(NC(=O)C3CCCCN3)cc2)c1. The lowest BCUT2D eigenvalue weighted by molar-refractivity contribution is -0.118. The summed E-state index contributed by atoms with van der Waals surface area (Å²) in [5, 5.41) is 6.13. The number of rotatable bonds is 5. The van der Waals surface area contributed by atoms with Crippen molar-refractivity contribution in [2.45, 2.75) is 25.3 Å². The number of ether oxygens (including phenoxy) is 1. The van der Waals surface area contributed by atoms with Crippen molar-refractivity contribution in [3.63, 3.8) is 0 Å². The molecule has 0 saturated carbocycles. The first kappa shape index (κ1) is 17.0. The van der Waals surface area contributed by atoms with Gasteiger partial charge in [0.15, 0.2) is 0 Å². The number of carbonyl (C=O) groups is 2. The summed E-state index contributed by atoms with van der Waals surface area (Å²) in [4.78, 5) is 23.4. The summed E-state index contributed by atoms with van der Waals surface area (Å²) in [6, 6.07) is 13.7. The molecule has 2 amide bonds. The topological polar surface area (TPSA) is 93.5 Å². The molecule has 1 fully saturated rings. The molecule has 130 valence electrons. The molecule has 4 N–H and O–H groups in total. The molecule has 0 spiro atoms. The number of nitrogens with two attached hydrogens (primary N) is 1. The summed E-state index contributed by atoms with van der Waals surface area (Å²) in [5.74, 6) is 0.622. The molecule has 0 aromatic heterocycles. The minimum Gasteiger partial charge on any atom is -0.457 e. The largest absolute Gasteiger partial charge is 0.457 e. The molecule has 0 bridgehead atoms. The Morgan fingerprint density at radius 3 is 2.56 bits per heavy atom. The Morgan fingerprint density at radius 1 is 1.08 bits per heavy atom. The van der Waals surface area contributed by atoms with Crippen molar-refractivity contribution in [1.29, 1.82) is 0 Å². The lowest BCUT2D eigenvalue weighted by Crippen LogP contribution is -2.43. The van der Waals surface area contributed by atoms with Crippen LogP contribution in [0.4, 0.5) is 5.69 Å². The standard InChI is InChI=1S/C19H21N3O3/c20-18(23)13-4-3-5-16(12-13)25-15-9-7-14(8-10-15)22-19(24)17-6-1-2-11-21-17/h3-5,7-10,12,17,21H,1-2,6,11H2,(H2,20,23)(H,22,24). The van der Waals surface area contributed by atoms with Crippen LogP contribution in [0.3, 0.4) is 0 Å². The van der Waals surface area contributed by atoms with Crippen molar-refractivity contribution < 1.29 is 14.3 Å². The van der Waals surface area contributed by atoms with Crippen LogP contribution >= 0.6 is 0 Å². The van der Waals surface area contributed by atoms with Crippen LogP contribution in [0.15, 0.2) is 48.5 Å². The van der Waals surface area contributed by atoms with Gasteiger partial charge in [-0.1, -0.05) is 12.5 Å². The average molecular weight is 339 g/mol. The fourth-order valence-electron chi connectivity index (χ4n) is 2.76. The first-order valence-corrected chi connectivity index (χ1v) is 8.34. The van der Waals surface area contributed by atoms with Crippen molar-refractivity contribution in [3.8, 4) is 11.5 Å². The maximum Gasteiger partial charge on any atom is 0.248 e. The van der Waals surface area contributed by atoms with E-state index in [4.69, 9.17) is 10.5 Å². The highest BCUT2D eigenvalue weighted by molar-refractivity contribution is 5.95. The molecule has 1 unspecified atom stereocenters. The fraction of sp³-hybridized carbons (Fsp3) is 0.263. The molecule has 6 heteroatoms. The number of benzene rings is 2. The van der Waals surface area contributed by atoms with E-state index in [2.05, 4.69) is 10.6 Å². The second-order valence-corrected chi connectivity index (χ2v) is 6.01. The summed E-state index contributed by atoms with van der Waals surface area (Å²) < 4.78 is 5.71. The first-order chi connectivity index (χ1) is 12.1. The Balaban J connectivity index is 1.61. The normalized spacial score (nSPS) is 16.9. The van der Waals surface area contributed by atoms with Crippen LogP contribution in [-0.2, 0) is 4.79 Å². The average Bonchev–Trinajstić information content (AvgIpc) is 2.64. The molecule has 0 aliphatic carbocycles. The van der Waals surface area contributed by atoms with Crippen LogP contribution < -0.4 is 21.1 Å². The smallest absolute Gasteiger partial charge is 0.248 e. The van der Waals surface area contributed by atoms with Crippen LogP contribution in [0.1, 0.15) is 29.6 Å². The van der Waals surface area contributed by atoms with Gasteiger partial charge in [0.25, 0.3) is 0 Å². The number of primary amides is 1. The van der Waals surface area contributed by atoms with E-state index in [1.54, 1.807) is 48.5 Å². The first-order valence-electron chi connectivity index (χ1n) is 8.34. The summed E-state index contributed by atoms with van der Waals surface area (Å²) in [6.45, 7) is 0.884. The van der Waals surface area contributed by atoms with Gasteiger partial charge in [0, 0.05) is 11.3 Å². The lowest BCUT2D eigenvalue weighted by atomic mass is 10.0. The molecular weight excluding hydrogens is 318 g/mol. The van der Waals surface area contributed by atoms with Crippen LogP contribution in [0, 0.1) is 0 Å². The number of anilines is 1. The molecule has 2 aromatic rings. The second-order valence-electron chi connectivity index (χ2n) is 6.01. The number of nitrogens with one attached hydrogen (secondary N) is 2. The second kappa shape index (κ2) is 7.81. The molecular formula is C19H21N3O3. The number of piperidine rings is 1. The van der Waals surface area contributed by atoms with E-state index in [0.29, 0.717) is 17.1 Å². The van der Waals surface area contributed by atoms with E-state index < -0.39 is 5.91 Å². The monoisotopic (exact) mass is 339 g/mol. The molecule has 0 radical (unpaired) electrons. The van der Waals surface area contributed by atoms with Gasteiger partial charge in [0.2, 0.25) is 11.8 Å². The molecule has 6 nitrogen and oxygen atoms in total. The Hall–Kier alpha value is -2.86. The highest BCUT2D eigenvalue weighted by Crippen LogP contribution is 2.24. The maximum absolute atomic E-state index is 12.2. The highest BCUT2D eigenvalue weighted by atomic mass is 16.5. The molecule has 1 atom stereocenters. The van der Waals surface area contributed by atoms with Crippen molar-refractivity contribution in [2.75, 3.05) is 11.9 Å². The third-order valence-corrected chi connectivity index (χ3v) is 4.10. The summed E-state index contributed by atoms with van der Waals surface area (Å²) in [6.07, 6.45) is 3.05. The van der Waals surface area contributed by atoms with E-state index >= 15 is 0 Å². The van der Waals surface area contributed by atoms with Gasteiger partial charge < -0.3 is 21.1 Å². The third kappa shape index (κ3) is 4.58. The Kier molecular flexibility index (Phi) is 5.30. The summed E-state index contributed by atoms with van der Waals surface area (Å²) >= 11 is 0. The zero-order valence-corrected chi connectivity index (χ0v) is 13.8. The van der Waals surface area contributed by atoms with E-state index in [0.717, 1.165) is 31.5 Å². The van der Waals surface area contributed by atoms with Crippen LogP contribution in [0.5, 0.6) is 11.5 Å². The lowest BCUT2D eigenvalue weighted by Gasteiger charge is -2.22. The van der Waals surface area contributed by atoms with Crippen molar-refractivity contribution in [3.05, 3.63) is 54.1 Å². The molecule has 1 saturated heterocycles. The zero-order chi connectivity index (χ0) is 17.6. The predicted octanol–water partition coefficient (Wildman–Crippen LogP) is 2.66. The molecule has 2 aromatic carbocycles. The molecule has 1 heterocycles.